The summed E-state index contributed by atoms with van der Waals surface area (Å²) in [6.07, 6.45) is 7.23. The molecule has 36 heavy (non-hydrogen) atoms. The largest absolute Gasteiger partial charge is 0.356 e. The van der Waals surface area contributed by atoms with Crippen LogP contribution in [0.1, 0.15) is 50.3 Å². The van der Waals surface area contributed by atoms with Gasteiger partial charge in [-0.2, -0.15) is 9.29 Å². The van der Waals surface area contributed by atoms with Crippen LogP contribution in [0.2, 0.25) is 0 Å². The summed E-state index contributed by atoms with van der Waals surface area (Å²) in [6, 6.07) is 7.99. The smallest absolute Gasteiger partial charge is 0.243 e. The number of rotatable bonds is 4. The average molecular weight is 514 g/mol. The Kier molecular flexibility index (Phi) is 7.10. The lowest BCUT2D eigenvalue weighted by Crippen LogP contribution is -2.47. The van der Waals surface area contributed by atoms with Crippen molar-refractivity contribution in [3.63, 3.8) is 0 Å². The fourth-order valence-electron chi connectivity index (χ4n) is 5.15. The van der Waals surface area contributed by atoms with E-state index < -0.39 is 27.8 Å². The molecule has 1 saturated heterocycles. The van der Waals surface area contributed by atoms with E-state index in [1.54, 1.807) is 18.5 Å². The Morgan fingerprint density at radius 2 is 1.94 bits per heavy atom. The minimum Gasteiger partial charge on any atom is -0.356 e. The Bertz CT molecular complexity index is 1320. The van der Waals surface area contributed by atoms with E-state index in [1.807, 2.05) is 6.07 Å². The highest BCUT2D eigenvalue weighted by Crippen LogP contribution is 2.43. The molecular formula is C25H28FN5O4S. The van der Waals surface area contributed by atoms with E-state index in [1.165, 1.54) is 22.5 Å². The summed E-state index contributed by atoms with van der Waals surface area (Å²) in [5, 5.41) is 7.05. The van der Waals surface area contributed by atoms with Crippen LogP contribution < -0.4 is 5.32 Å². The number of pyridine rings is 1. The van der Waals surface area contributed by atoms with Gasteiger partial charge in [0.25, 0.3) is 0 Å². The van der Waals surface area contributed by atoms with Crippen LogP contribution in [0.5, 0.6) is 0 Å². The first-order valence-corrected chi connectivity index (χ1v) is 13.7. The van der Waals surface area contributed by atoms with Crippen LogP contribution in [0.4, 0.5) is 4.39 Å². The van der Waals surface area contributed by atoms with E-state index in [0.29, 0.717) is 43.1 Å². The molecule has 1 aliphatic carbocycles. The zero-order chi connectivity index (χ0) is 25.1. The van der Waals surface area contributed by atoms with E-state index in [-0.39, 0.29) is 23.3 Å². The van der Waals surface area contributed by atoms with Gasteiger partial charge in [-0.25, -0.2) is 12.8 Å². The molecule has 190 valence electrons. The average Bonchev–Trinajstić information content (AvgIpc) is 3.53. The minimum absolute atomic E-state index is 0.114. The highest BCUT2D eigenvalue weighted by molar-refractivity contribution is 7.89. The van der Waals surface area contributed by atoms with Gasteiger partial charge in [0.15, 0.2) is 0 Å². The number of nitrogens with one attached hydrogen (secondary N) is 1. The fourth-order valence-corrected chi connectivity index (χ4v) is 6.89. The number of amides is 1. The van der Waals surface area contributed by atoms with Crippen molar-refractivity contribution in [2.45, 2.75) is 55.4 Å². The lowest BCUT2D eigenvalue weighted by atomic mass is 10.0. The number of carbonyl (C=O) groups excluding carboxylic acids is 1. The van der Waals surface area contributed by atoms with Gasteiger partial charge < -0.3 is 9.84 Å². The first-order chi connectivity index (χ1) is 17.4. The fraction of sp³-hybridized carbons (Fsp3) is 0.440. The summed E-state index contributed by atoms with van der Waals surface area (Å²) >= 11 is 0. The maximum Gasteiger partial charge on any atom is 0.243 e. The Labute approximate surface area is 209 Å². The second kappa shape index (κ2) is 10.4. The minimum atomic E-state index is -4.05. The number of carbonyl (C=O) groups is 1. The van der Waals surface area contributed by atoms with E-state index in [0.717, 1.165) is 25.3 Å². The number of fused-ring (bicyclic) bond motifs is 1. The first-order valence-electron chi connectivity index (χ1n) is 12.2. The molecule has 3 aromatic rings. The van der Waals surface area contributed by atoms with Crippen LogP contribution in [0.15, 0.2) is 58.2 Å². The van der Waals surface area contributed by atoms with Crippen molar-refractivity contribution < 1.29 is 22.1 Å². The van der Waals surface area contributed by atoms with E-state index in [9.17, 15) is 17.6 Å². The molecular weight excluding hydrogens is 485 g/mol. The van der Waals surface area contributed by atoms with Crippen LogP contribution >= 0.6 is 0 Å². The molecule has 3 atom stereocenters. The number of sulfonamides is 1. The number of hydrogen-bond donors (Lipinski definition) is 1. The number of benzene rings is 1. The van der Waals surface area contributed by atoms with E-state index in [4.69, 9.17) is 4.52 Å². The van der Waals surface area contributed by atoms with Crippen molar-refractivity contribution >= 4 is 15.9 Å². The van der Waals surface area contributed by atoms with Gasteiger partial charge in [0.1, 0.15) is 5.82 Å². The van der Waals surface area contributed by atoms with Gasteiger partial charge in [0, 0.05) is 43.0 Å². The van der Waals surface area contributed by atoms with Crippen LogP contribution in [0.25, 0.3) is 11.4 Å². The van der Waals surface area contributed by atoms with Crippen LogP contribution in [0, 0.1) is 11.7 Å². The lowest BCUT2D eigenvalue weighted by Gasteiger charge is -2.31. The quantitative estimate of drug-likeness (QED) is 0.567. The molecule has 0 spiro atoms. The van der Waals surface area contributed by atoms with Gasteiger partial charge in [-0.3, -0.25) is 9.78 Å². The van der Waals surface area contributed by atoms with E-state index in [2.05, 4.69) is 20.4 Å². The summed E-state index contributed by atoms with van der Waals surface area (Å²) in [7, 11) is -4.05. The van der Waals surface area contributed by atoms with Crippen molar-refractivity contribution in [3.8, 4) is 11.4 Å². The van der Waals surface area contributed by atoms with Crippen LogP contribution in [0.3, 0.4) is 0 Å². The summed E-state index contributed by atoms with van der Waals surface area (Å²) in [5.74, 6) is -0.940. The van der Waals surface area contributed by atoms with Gasteiger partial charge >= 0.3 is 0 Å². The molecule has 1 aliphatic heterocycles. The summed E-state index contributed by atoms with van der Waals surface area (Å²) in [6.45, 7) is 0.805. The van der Waals surface area contributed by atoms with Gasteiger partial charge in [-0.05, 0) is 56.0 Å². The van der Waals surface area contributed by atoms with Gasteiger partial charge in [0.2, 0.25) is 27.6 Å². The third kappa shape index (κ3) is 5.03. The molecule has 2 aromatic heterocycles. The summed E-state index contributed by atoms with van der Waals surface area (Å²) in [4.78, 5) is 21.7. The first kappa shape index (κ1) is 24.5. The molecule has 3 heterocycles. The van der Waals surface area contributed by atoms with Crippen LogP contribution in [-0.4, -0.2) is 52.9 Å². The van der Waals surface area contributed by atoms with Crippen molar-refractivity contribution in [1.82, 2.24) is 24.7 Å². The number of hydrogen-bond acceptors (Lipinski definition) is 7. The molecule has 11 heteroatoms. The Morgan fingerprint density at radius 3 is 2.75 bits per heavy atom. The van der Waals surface area contributed by atoms with Gasteiger partial charge in [-0.15, -0.1) is 0 Å². The molecule has 5 rings (SSSR count). The van der Waals surface area contributed by atoms with Crippen molar-refractivity contribution in [2.24, 2.45) is 5.92 Å². The second-order valence-corrected chi connectivity index (χ2v) is 11.2. The highest BCUT2D eigenvalue weighted by atomic mass is 32.2. The van der Waals surface area contributed by atoms with Gasteiger partial charge in [-0.1, -0.05) is 24.1 Å². The third-order valence-electron chi connectivity index (χ3n) is 6.95. The SMILES string of the molecule is O=C1NCCCCCCN(S(=O)(=O)c2cccc(F)c2)C2CC(c3nc(-c4cccnc4)no3)CC12. The molecule has 2 fully saturated rings. The van der Waals surface area contributed by atoms with Crippen molar-refractivity contribution in [2.75, 3.05) is 13.1 Å². The van der Waals surface area contributed by atoms with E-state index >= 15 is 0 Å². The van der Waals surface area contributed by atoms with Crippen molar-refractivity contribution in [3.05, 3.63) is 60.5 Å². The summed E-state index contributed by atoms with van der Waals surface area (Å²) < 4.78 is 48.4. The molecule has 0 bridgehead atoms. The number of nitrogens with zero attached hydrogens (tertiary/aromatic N) is 4. The zero-order valence-electron chi connectivity index (χ0n) is 19.7. The molecule has 2 aliphatic rings. The third-order valence-corrected chi connectivity index (χ3v) is 8.87. The molecule has 0 radical (unpaired) electrons. The van der Waals surface area contributed by atoms with Gasteiger partial charge in [0.05, 0.1) is 10.8 Å². The molecule has 9 nitrogen and oxygen atoms in total. The summed E-state index contributed by atoms with van der Waals surface area (Å²) in [5.41, 5.74) is 0.703. The molecule has 1 amide bonds. The second-order valence-electron chi connectivity index (χ2n) is 9.32. The predicted octanol–water partition coefficient (Wildman–Crippen LogP) is 3.51. The topological polar surface area (TPSA) is 118 Å². The monoisotopic (exact) mass is 513 g/mol. The van der Waals surface area contributed by atoms with Crippen LogP contribution in [-0.2, 0) is 14.8 Å². The Hall–Kier alpha value is -3.18. The Morgan fingerprint density at radius 1 is 1.08 bits per heavy atom. The lowest BCUT2D eigenvalue weighted by molar-refractivity contribution is -0.125. The maximum atomic E-state index is 14.0. The molecule has 1 N–H and O–H groups in total. The highest BCUT2D eigenvalue weighted by Gasteiger charge is 2.47. The predicted molar refractivity (Wildman–Crippen MR) is 129 cm³/mol. The Balaban J connectivity index is 1.49. The molecule has 1 aromatic carbocycles. The zero-order valence-corrected chi connectivity index (χ0v) is 20.5. The molecule has 3 unspecified atom stereocenters. The van der Waals surface area contributed by atoms with Crippen molar-refractivity contribution in [1.29, 1.82) is 0 Å². The maximum absolute atomic E-state index is 14.0. The standard InChI is InChI=1S/C25H28FN5O4S/c26-19-8-5-9-20(15-19)36(33,34)31-12-4-2-1-3-11-28-24(32)21-13-18(14-22(21)31)25-29-23(30-35-25)17-7-6-10-27-16-17/h5-10,15-16,18,21-22H,1-4,11-14H2,(H,28,32). The normalized spacial score (nSPS) is 24.0. The molecule has 1 saturated carbocycles. The number of halogens is 1. The number of aromatic nitrogens is 3.